The molecule has 0 spiro atoms. The molecule has 0 bridgehead atoms. The summed E-state index contributed by atoms with van der Waals surface area (Å²) in [6, 6.07) is 0. The molecule has 52 valence electrons. The number of carboxylic acids is 1. The van der Waals surface area contributed by atoms with Gasteiger partial charge in [-0.05, 0) is 0 Å². The lowest BCUT2D eigenvalue weighted by Crippen LogP contribution is -1.90. The van der Waals surface area contributed by atoms with Gasteiger partial charge in [-0.25, -0.2) is 14.5 Å². The van der Waals surface area contributed by atoms with Crippen LogP contribution in [-0.4, -0.2) is 25.8 Å². The van der Waals surface area contributed by atoms with Gasteiger partial charge in [0.1, 0.15) is 12.7 Å². The molecule has 1 aromatic heterocycles. The van der Waals surface area contributed by atoms with Gasteiger partial charge in [0.2, 0.25) is 0 Å². The standard InChI is InChI=1S/C5H5N3O2/c9-5(10)1-2-8-4-6-3-7-8/h1-4H,(H,9,10)/b2-1+. The quantitative estimate of drug-likeness (QED) is 0.578. The van der Waals surface area contributed by atoms with Gasteiger partial charge in [0.15, 0.2) is 0 Å². The van der Waals surface area contributed by atoms with Crippen molar-refractivity contribution in [2.75, 3.05) is 0 Å². The van der Waals surface area contributed by atoms with E-state index in [9.17, 15) is 4.79 Å². The van der Waals surface area contributed by atoms with Crippen molar-refractivity contribution < 1.29 is 9.90 Å². The van der Waals surface area contributed by atoms with Crippen molar-refractivity contribution in [2.24, 2.45) is 0 Å². The van der Waals surface area contributed by atoms with Gasteiger partial charge >= 0.3 is 5.97 Å². The molecule has 0 aromatic carbocycles. The zero-order valence-electron chi connectivity index (χ0n) is 5.01. The Balaban J connectivity index is 2.64. The number of hydrogen-bond donors (Lipinski definition) is 1. The summed E-state index contributed by atoms with van der Waals surface area (Å²) in [5.41, 5.74) is 0. The number of nitrogens with zero attached hydrogens (tertiary/aromatic N) is 3. The first kappa shape index (κ1) is 6.47. The van der Waals surface area contributed by atoms with Crippen molar-refractivity contribution in [3.63, 3.8) is 0 Å². The third kappa shape index (κ3) is 1.70. The molecular weight excluding hydrogens is 134 g/mol. The van der Waals surface area contributed by atoms with E-state index in [4.69, 9.17) is 5.11 Å². The minimum atomic E-state index is -1.00. The van der Waals surface area contributed by atoms with E-state index in [1.807, 2.05) is 0 Å². The van der Waals surface area contributed by atoms with E-state index < -0.39 is 5.97 Å². The molecule has 0 amide bonds. The second kappa shape index (κ2) is 2.77. The Morgan fingerprint density at radius 2 is 2.50 bits per heavy atom. The van der Waals surface area contributed by atoms with E-state index >= 15 is 0 Å². The lowest BCUT2D eigenvalue weighted by Gasteiger charge is -1.83. The summed E-state index contributed by atoms with van der Waals surface area (Å²) in [6.07, 6.45) is 5.01. The van der Waals surface area contributed by atoms with Crippen molar-refractivity contribution in [3.05, 3.63) is 18.7 Å². The second-order valence-corrected chi connectivity index (χ2v) is 1.53. The summed E-state index contributed by atoms with van der Waals surface area (Å²) in [6.45, 7) is 0. The van der Waals surface area contributed by atoms with Gasteiger partial charge in [0.25, 0.3) is 0 Å². The summed E-state index contributed by atoms with van der Waals surface area (Å²) >= 11 is 0. The van der Waals surface area contributed by atoms with Crippen LogP contribution in [0.5, 0.6) is 0 Å². The van der Waals surface area contributed by atoms with Crippen LogP contribution in [0.2, 0.25) is 0 Å². The zero-order chi connectivity index (χ0) is 7.40. The smallest absolute Gasteiger partial charge is 0.329 e. The van der Waals surface area contributed by atoms with Crippen molar-refractivity contribution in [2.45, 2.75) is 0 Å². The Morgan fingerprint density at radius 3 is 3.00 bits per heavy atom. The minimum Gasteiger partial charge on any atom is -0.478 e. The molecule has 0 saturated carbocycles. The summed E-state index contributed by atoms with van der Waals surface area (Å²) in [5.74, 6) is -1.00. The fraction of sp³-hybridized carbons (Fsp3) is 0. The van der Waals surface area contributed by atoms with Crippen LogP contribution >= 0.6 is 0 Å². The van der Waals surface area contributed by atoms with Crippen LogP contribution in [0.3, 0.4) is 0 Å². The summed E-state index contributed by atoms with van der Waals surface area (Å²) in [5, 5.41) is 11.8. The number of hydrogen-bond acceptors (Lipinski definition) is 3. The largest absolute Gasteiger partial charge is 0.478 e. The molecule has 5 heteroatoms. The SMILES string of the molecule is O=C(O)/C=C/n1cncn1. The van der Waals surface area contributed by atoms with Crippen LogP contribution in [0.25, 0.3) is 6.20 Å². The van der Waals surface area contributed by atoms with Crippen molar-refractivity contribution >= 4 is 12.2 Å². The molecule has 0 unspecified atom stereocenters. The lowest BCUT2D eigenvalue weighted by atomic mass is 10.6. The summed E-state index contributed by atoms with van der Waals surface area (Å²) in [7, 11) is 0. The van der Waals surface area contributed by atoms with E-state index in [1.54, 1.807) is 0 Å². The predicted octanol–water partition coefficient (Wildman–Crippen LogP) is -0.167. The Kier molecular flexibility index (Phi) is 1.79. The van der Waals surface area contributed by atoms with Crippen LogP contribution in [0.1, 0.15) is 0 Å². The summed E-state index contributed by atoms with van der Waals surface area (Å²) in [4.78, 5) is 13.6. The molecule has 0 aliphatic heterocycles. The van der Waals surface area contributed by atoms with E-state index in [1.165, 1.54) is 23.5 Å². The fourth-order valence-corrected chi connectivity index (χ4v) is 0.434. The molecule has 5 nitrogen and oxygen atoms in total. The molecule has 1 N–H and O–H groups in total. The normalized spacial score (nSPS) is 10.4. The van der Waals surface area contributed by atoms with Gasteiger partial charge in [-0.2, -0.15) is 5.10 Å². The highest BCUT2D eigenvalue weighted by molar-refractivity contribution is 5.82. The molecule has 1 heterocycles. The molecule has 1 aromatic rings. The molecule has 0 saturated heterocycles. The third-order valence-corrected chi connectivity index (χ3v) is 0.806. The van der Waals surface area contributed by atoms with Gasteiger partial charge in [-0.3, -0.25) is 0 Å². The highest BCUT2D eigenvalue weighted by Crippen LogP contribution is 1.80. The van der Waals surface area contributed by atoms with Crippen LogP contribution < -0.4 is 0 Å². The Labute approximate surface area is 56.6 Å². The molecule has 0 aliphatic rings. The number of carboxylic acid groups (broad SMARTS) is 1. The Hall–Kier alpha value is -1.65. The molecule has 0 fully saturated rings. The topological polar surface area (TPSA) is 68.0 Å². The van der Waals surface area contributed by atoms with Crippen LogP contribution in [0, 0.1) is 0 Å². The van der Waals surface area contributed by atoms with Crippen molar-refractivity contribution in [1.82, 2.24) is 14.8 Å². The third-order valence-electron chi connectivity index (χ3n) is 0.806. The van der Waals surface area contributed by atoms with Gasteiger partial charge in [0, 0.05) is 12.3 Å². The van der Waals surface area contributed by atoms with Crippen molar-refractivity contribution in [3.8, 4) is 0 Å². The van der Waals surface area contributed by atoms with Crippen LogP contribution in [0.4, 0.5) is 0 Å². The molecule has 10 heavy (non-hydrogen) atoms. The number of aliphatic carboxylic acids is 1. The van der Waals surface area contributed by atoms with E-state index in [0.29, 0.717) is 0 Å². The highest BCUT2D eigenvalue weighted by Gasteiger charge is 1.85. The van der Waals surface area contributed by atoms with Gasteiger partial charge < -0.3 is 5.11 Å². The van der Waals surface area contributed by atoms with Crippen LogP contribution in [0.15, 0.2) is 18.7 Å². The lowest BCUT2D eigenvalue weighted by molar-refractivity contribution is -0.131. The second-order valence-electron chi connectivity index (χ2n) is 1.53. The first-order chi connectivity index (χ1) is 4.79. The Morgan fingerprint density at radius 1 is 1.70 bits per heavy atom. The van der Waals surface area contributed by atoms with E-state index in [-0.39, 0.29) is 0 Å². The van der Waals surface area contributed by atoms with Crippen LogP contribution in [-0.2, 0) is 4.79 Å². The minimum absolute atomic E-state index is 0.981. The molecule has 0 radical (unpaired) electrons. The van der Waals surface area contributed by atoms with Gasteiger partial charge in [0.05, 0.1) is 0 Å². The van der Waals surface area contributed by atoms with E-state index in [0.717, 1.165) is 6.08 Å². The molecule has 1 rings (SSSR count). The first-order valence-corrected chi connectivity index (χ1v) is 2.54. The number of carbonyl (C=O) groups is 1. The molecule has 0 atom stereocenters. The molecule has 0 aliphatic carbocycles. The van der Waals surface area contributed by atoms with Crippen molar-refractivity contribution in [1.29, 1.82) is 0 Å². The number of aromatic nitrogens is 3. The average molecular weight is 139 g/mol. The molecular formula is C5H5N3O2. The van der Waals surface area contributed by atoms with Gasteiger partial charge in [-0.15, -0.1) is 0 Å². The van der Waals surface area contributed by atoms with Gasteiger partial charge in [-0.1, -0.05) is 0 Å². The Bertz CT molecular complexity index is 239. The predicted molar refractivity (Wildman–Crippen MR) is 33.0 cm³/mol. The highest BCUT2D eigenvalue weighted by atomic mass is 16.4. The zero-order valence-corrected chi connectivity index (χ0v) is 5.01. The maximum atomic E-state index is 9.95. The first-order valence-electron chi connectivity index (χ1n) is 2.54. The monoisotopic (exact) mass is 139 g/mol. The van der Waals surface area contributed by atoms with E-state index in [2.05, 4.69) is 10.1 Å². The maximum absolute atomic E-state index is 9.95. The number of rotatable bonds is 2. The average Bonchev–Trinajstić information content (AvgIpc) is 2.34. The fourth-order valence-electron chi connectivity index (χ4n) is 0.434. The summed E-state index contributed by atoms with van der Waals surface area (Å²) < 4.78 is 1.30. The maximum Gasteiger partial charge on any atom is 0.329 e.